The quantitative estimate of drug-likeness (QED) is 0.819. The van der Waals surface area contributed by atoms with Crippen LogP contribution in [0.15, 0.2) is 22.7 Å². The SMILES string of the molecule is Cc1ccc(-c2noc(CCC(=O)N[C@@H]3CCC[C@@H]3C(=O)O)n2)cc1F. The van der Waals surface area contributed by atoms with E-state index in [4.69, 9.17) is 9.63 Å². The summed E-state index contributed by atoms with van der Waals surface area (Å²) < 4.78 is 18.7. The second kappa shape index (κ2) is 7.63. The van der Waals surface area contributed by atoms with E-state index in [9.17, 15) is 14.0 Å². The lowest BCUT2D eigenvalue weighted by Gasteiger charge is -2.17. The number of halogens is 1. The number of carboxylic acids is 1. The van der Waals surface area contributed by atoms with Crippen molar-refractivity contribution in [1.82, 2.24) is 15.5 Å². The highest BCUT2D eigenvalue weighted by Crippen LogP contribution is 2.26. The third-order valence-electron chi connectivity index (χ3n) is 4.64. The number of aromatic nitrogens is 2. The number of nitrogens with zero attached hydrogens (tertiary/aromatic N) is 2. The van der Waals surface area contributed by atoms with Crippen LogP contribution in [0.1, 0.15) is 37.1 Å². The summed E-state index contributed by atoms with van der Waals surface area (Å²) in [6.45, 7) is 1.67. The van der Waals surface area contributed by atoms with Crippen LogP contribution < -0.4 is 5.32 Å². The molecular weight excluding hydrogens is 341 g/mol. The van der Waals surface area contributed by atoms with Gasteiger partial charge in [0.1, 0.15) is 5.82 Å². The van der Waals surface area contributed by atoms with Crippen molar-refractivity contribution in [2.75, 3.05) is 0 Å². The summed E-state index contributed by atoms with van der Waals surface area (Å²) >= 11 is 0. The summed E-state index contributed by atoms with van der Waals surface area (Å²) in [5.41, 5.74) is 1.03. The van der Waals surface area contributed by atoms with E-state index in [0.29, 0.717) is 24.0 Å². The van der Waals surface area contributed by atoms with Crippen LogP contribution >= 0.6 is 0 Å². The fourth-order valence-corrected chi connectivity index (χ4v) is 3.13. The average Bonchev–Trinajstić information content (AvgIpc) is 3.25. The molecule has 1 aromatic carbocycles. The first-order valence-electron chi connectivity index (χ1n) is 8.55. The van der Waals surface area contributed by atoms with Crippen molar-refractivity contribution in [3.63, 3.8) is 0 Å². The highest BCUT2D eigenvalue weighted by molar-refractivity contribution is 5.78. The molecule has 1 aliphatic carbocycles. The first-order chi connectivity index (χ1) is 12.4. The normalized spacial score (nSPS) is 19.5. The predicted octanol–water partition coefficient (Wildman–Crippen LogP) is 2.49. The molecule has 2 atom stereocenters. The van der Waals surface area contributed by atoms with Crippen LogP contribution in [-0.4, -0.2) is 33.2 Å². The lowest BCUT2D eigenvalue weighted by molar-refractivity contribution is -0.142. The number of carbonyl (C=O) groups excluding carboxylic acids is 1. The Labute approximate surface area is 149 Å². The van der Waals surface area contributed by atoms with Gasteiger partial charge in [-0.2, -0.15) is 4.98 Å². The van der Waals surface area contributed by atoms with Crippen LogP contribution in [0.25, 0.3) is 11.4 Å². The Kier molecular flexibility index (Phi) is 5.29. The summed E-state index contributed by atoms with van der Waals surface area (Å²) in [6, 6.07) is 4.34. The van der Waals surface area contributed by atoms with Crippen LogP contribution in [0.4, 0.5) is 4.39 Å². The van der Waals surface area contributed by atoms with E-state index in [-0.39, 0.29) is 42.3 Å². The minimum atomic E-state index is -0.875. The molecule has 3 rings (SSSR count). The number of hydrogen-bond donors (Lipinski definition) is 2. The van der Waals surface area contributed by atoms with Crippen LogP contribution in [0, 0.1) is 18.7 Å². The molecule has 2 aromatic rings. The third kappa shape index (κ3) is 4.07. The Morgan fingerprint density at radius 3 is 2.92 bits per heavy atom. The molecule has 0 spiro atoms. The molecule has 2 N–H and O–H groups in total. The second-order valence-corrected chi connectivity index (χ2v) is 6.53. The molecule has 26 heavy (non-hydrogen) atoms. The number of nitrogens with one attached hydrogen (secondary N) is 1. The van der Waals surface area contributed by atoms with Gasteiger partial charge in [0.25, 0.3) is 0 Å². The van der Waals surface area contributed by atoms with Crippen molar-refractivity contribution in [2.45, 2.75) is 45.1 Å². The molecule has 0 aliphatic heterocycles. The number of amides is 1. The van der Waals surface area contributed by atoms with E-state index in [0.717, 1.165) is 6.42 Å². The Balaban J connectivity index is 1.55. The molecule has 138 valence electrons. The molecule has 1 heterocycles. The van der Waals surface area contributed by atoms with E-state index >= 15 is 0 Å². The molecule has 1 aliphatic rings. The second-order valence-electron chi connectivity index (χ2n) is 6.53. The molecule has 0 bridgehead atoms. The topological polar surface area (TPSA) is 105 Å². The predicted molar refractivity (Wildman–Crippen MR) is 89.7 cm³/mol. The van der Waals surface area contributed by atoms with E-state index < -0.39 is 11.9 Å². The summed E-state index contributed by atoms with van der Waals surface area (Å²) in [5.74, 6) is -1.45. The van der Waals surface area contributed by atoms with Gasteiger partial charge < -0.3 is 14.9 Å². The molecular formula is C18H20FN3O4. The monoisotopic (exact) mass is 361 g/mol. The van der Waals surface area contributed by atoms with Gasteiger partial charge in [0.05, 0.1) is 5.92 Å². The molecule has 1 amide bonds. The van der Waals surface area contributed by atoms with Gasteiger partial charge in [-0.1, -0.05) is 23.7 Å². The number of benzene rings is 1. The summed E-state index contributed by atoms with van der Waals surface area (Å²) in [7, 11) is 0. The smallest absolute Gasteiger partial charge is 0.308 e. The lowest BCUT2D eigenvalue weighted by Crippen LogP contribution is -2.40. The standard InChI is InChI=1S/C18H20FN3O4/c1-10-5-6-11(9-13(10)19)17-21-16(26-22-17)8-7-15(23)20-14-4-2-3-12(14)18(24)25/h5-6,9,12,14H,2-4,7-8H2,1H3,(H,20,23)(H,24,25)/t12-,14+/m0/s1. The number of hydrogen-bond acceptors (Lipinski definition) is 5. The van der Waals surface area contributed by atoms with Gasteiger partial charge in [-0.15, -0.1) is 0 Å². The molecule has 8 heteroatoms. The Morgan fingerprint density at radius 1 is 1.38 bits per heavy atom. The summed E-state index contributed by atoms with van der Waals surface area (Å²) in [6.07, 6.45) is 2.40. The molecule has 1 aromatic heterocycles. The molecule has 1 fully saturated rings. The molecule has 0 radical (unpaired) electrons. The fourth-order valence-electron chi connectivity index (χ4n) is 3.13. The van der Waals surface area contributed by atoms with Gasteiger partial charge >= 0.3 is 5.97 Å². The lowest BCUT2D eigenvalue weighted by atomic mass is 10.0. The van der Waals surface area contributed by atoms with Crippen molar-refractivity contribution in [1.29, 1.82) is 0 Å². The first kappa shape index (κ1) is 18.0. The largest absolute Gasteiger partial charge is 0.481 e. The highest BCUT2D eigenvalue weighted by Gasteiger charge is 2.33. The van der Waals surface area contributed by atoms with Gasteiger partial charge in [-0.25, -0.2) is 4.39 Å². The zero-order valence-corrected chi connectivity index (χ0v) is 14.4. The zero-order chi connectivity index (χ0) is 18.7. The van der Waals surface area contributed by atoms with Gasteiger partial charge in [0.15, 0.2) is 0 Å². The van der Waals surface area contributed by atoms with E-state index in [2.05, 4.69) is 15.5 Å². The minimum absolute atomic E-state index is 0.118. The first-order valence-corrected chi connectivity index (χ1v) is 8.55. The molecule has 0 unspecified atom stereocenters. The van der Waals surface area contributed by atoms with Crippen molar-refractivity contribution < 1.29 is 23.6 Å². The zero-order valence-electron chi connectivity index (χ0n) is 14.4. The van der Waals surface area contributed by atoms with E-state index in [1.807, 2.05) is 0 Å². The van der Waals surface area contributed by atoms with E-state index in [1.165, 1.54) is 6.07 Å². The number of aryl methyl sites for hydroxylation is 2. The maximum absolute atomic E-state index is 13.6. The van der Waals surface area contributed by atoms with Gasteiger partial charge in [-0.05, 0) is 31.4 Å². The molecule has 0 saturated heterocycles. The average molecular weight is 361 g/mol. The highest BCUT2D eigenvalue weighted by atomic mass is 19.1. The maximum atomic E-state index is 13.6. The van der Waals surface area contributed by atoms with Crippen LogP contribution in [-0.2, 0) is 16.0 Å². The van der Waals surface area contributed by atoms with E-state index in [1.54, 1.807) is 19.1 Å². The minimum Gasteiger partial charge on any atom is -0.481 e. The third-order valence-corrected chi connectivity index (χ3v) is 4.64. The van der Waals surface area contributed by atoms with Gasteiger partial charge in [0, 0.05) is 24.4 Å². The number of rotatable bonds is 6. The number of carboxylic acid groups (broad SMARTS) is 1. The maximum Gasteiger partial charge on any atom is 0.308 e. The van der Waals surface area contributed by atoms with Crippen LogP contribution in [0.2, 0.25) is 0 Å². The summed E-state index contributed by atoms with van der Waals surface area (Å²) in [5, 5.41) is 15.7. The van der Waals surface area contributed by atoms with Gasteiger partial charge in [-0.3, -0.25) is 9.59 Å². The number of aliphatic carboxylic acids is 1. The van der Waals surface area contributed by atoms with Crippen molar-refractivity contribution in [3.05, 3.63) is 35.5 Å². The Bertz CT molecular complexity index is 821. The Morgan fingerprint density at radius 2 is 2.19 bits per heavy atom. The summed E-state index contributed by atoms with van der Waals surface area (Å²) in [4.78, 5) is 27.4. The Hall–Kier alpha value is -2.77. The fraction of sp³-hybridized carbons (Fsp3) is 0.444. The number of carbonyl (C=O) groups is 2. The van der Waals surface area contributed by atoms with Crippen LogP contribution in [0.3, 0.4) is 0 Å². The van der Waals surface area contributed by atoms with Crippen molar-refractivity contribution in [3.8, 4) is 11.4 Å². The van der Waals surface area contributed by atoms with Gasteiger partial charge in [0.2, 0.25) is 17.6 Å². The van der Waals surface area contributed by atoms with Crippen molar-refractivity contribution in [2.24, 2.45) is 5.92 Å². The van der Waals surface area contributed by atoms with Crippen molar-refractivity contribution >= 4 is 11.9 Å². The van der Waals surface area contributed by atoms with Crippen LogP contribution in [0.5, 0.6) is 0 Å². The molecule has 7 nitrogen and oxygen atoms in total. The molecule has 1 saturated carbocycles.